The zero-order valence-electron chi connectivity index (χ0n) is 15.0. The van der Waals surface area contributed by atoms with Crippen molar-refractivity contribution in [2.24, 2.45) is 0 Å². The Morgan fingerprint density at radius 1 is 0.962 bits per heavy atom. The largest absolute Gasteiger partial charge is 0.382 e. The van der Waals surface area contributed by atoms with Gasteiger partial charge in [0.05, 0.1) is 6.54 Å². The van der Waals surface area contributed by atoms with Gasteiger partial charge < -0.3 is 20.7 Å². The van der Waals surface area contributed by atoms with E-state index in [0.717, 1.165) is 17.5 Å². The van der Waals surface area contributed by atoms with Crippen LogP contribution in [-0.4, -0.2) is 38.2 Å². The van der Waals surface area contributed by atoms with Gasteiger partial charge in [-0.25, -0.2) is 4.79 Å². The van der Waals surface area contributed by atoms with Crippen LogP contribution in [0, 0.1) is 0 Å². The molecule has 0 fully saturated rings. The van der Waals surface area contributed by atoms with E-state index in [-0.39, 0.29) is 18.5 Å². The number of hydrogen-bond acceptors (Lipinski definition) is 3. The quantitative estimate of drug-likeness (QED) is 0.605. The number of carbonyl (C=O) groups is 2. The monoisotopic (exact) mass is 355 g/mol. The van der Waals surface area contributed by atoms with Gasteiger partial charge in [-0.05, 0) is 25.0 Å². The maximum atomic E-state index is 12.1. The molecule has 6 heteroatoms. The molecule has 138 valence electrons. The molecular formula is C20H25N3O3. The number of urea groups is 1. The van der Waals surface area contributed by atoms with Crippen LogP contribution in [0.15, 0.2) is 54.6 Å². The van der Waals surface area contributed by atoms with Gasteiger partial charge in [0.15, 0.2) is 0 Å². The van der Waals surface area contributed by atoms with Crippen LogP contribution in [0.4, 0.5) is 10.5 Å². The van der Waals surface area contributed by atoms with Gasteiger partial charge in [0.1, 0.15) is 0 Å². The summed E-state index contributed by atoms with van der Waals surface area (Å²) in [6.07, 6.45) is 0.734. The van der Waals surface area contributed by atoms with E-state index >= 15 is 0 Å². The summed E-state index contributed by atoms with van der Waals surface area (Å²) in [5, 5.41) is 8.08. The highest BCUT2D eigenvalue weighted by Crippen LogP contribution is 2.27. The number of benzene rings is 2. The average molecular weight is 355 g/mol. The summed E-state index contributed by atoms with van der Waals surface area (Å²) in [7, 11) is 0. The van der Waals surface area contributed by atoms with Crippen LogP contribution in [0.3, 0.4) is 0 Å². The highest BCUT2D eigenvalue weighted by molar-refractivity contribution is 5.97. The van der Waals surface area contributed by atoms with E-state index in [9.17, 15) is 9.59 Å². The molecule has 0 atom stereocenters. The molecule has 2 aromatic rings. The molecule has 0 aliphatic heterocycles. The highest BCUT2D eigenvalue weighted by Gasteiger charge is 2.09. The van der Waals surface area contributed by atoms with Crippen molar-refractivity contribution in [2.75, 3.05) is 31.6 Å². The number of amides is 3. The van der Waals surface area contributed by atoms with E-state index in [4.69, 9.17) is 4.74 Å². The molecule has 0 heterocycles. The van der Waals surface area contributed by atoms with Crippen LogP contribution >= 0.6 is 0 Å². The number of anilines is 1. The lowest BCUT2D eigenvalue weighted by Gasteiger charge is -2.12. The van der Waals surface area contributed by atoms with Gasteiger partial charge in [-0.2, -0.15) is 0 Å². The fraction of sp³-hybridized carbons (Fsp3) is 0.300. The van der Waals surface area contributed by atoms with Gasteiger partial charge >= 0.3 is 6.03 Å². The fourth-order valence-corrected chi connectivity index (χ4v) is 2.40. The molecule has 26 heavy (non-hydrogen) atoms. The van der Waals surface area contributed by atoms with Crippen LogP contribution in [0.1, 0.15) is 13.3 Å². The van der Waals surface area contributed by atoms with Gasteiger partial charge in [-0.3, -0.25) is 4.79 Å². The minimum absolute atomic E-state index is 0.0968. The maximum Gasteiger partial charge on any atom is 0.315 e. The van der Waals surface area contributed by atoms with E-state index in [2.05, 4.69) is 16.0 Å². The standard InChI is InChI=1S/C20H25N3O3/c1-2-26-14-8-13-21-20(25)22-15-19(24)23-18-12-7-6-11-17(18)16-9-4-3-5-10-16/h3-7,9-12H,2,8,13-15H2,1H3,(H,23,24)(H2,21,22,25). The van der Waals surface area contributed by atoms with E-state index in [1.54, 1.807) is 0 Å². The van der Waals surface area contributed by atoms with Crippen molar-refractivity contribution in [3.63, 3.8) is 0 Å². The molecule has 3 amide bonds. The van der Waals surface area contributed by atoms with Crippen molar-refractivity contribution in [2.45, 2.75) is 13.3 Å². The topological polar surface area (TPSA) is 79.5 Å². The molecule has 2 aromatic carbocycles. The molecule has 0 bridgehead atoms. The van der Waals surface area contributed by atoms with Crippen LogP contribution in [0.5, 0.6) is 0 Å². The summed E-state index contributed by atoms with van der Waals surface area (Å²) in [6, 6.07) is 17.0. The summed E-state index contributed by atoms with van der Waals surface area (Å²) < 4.78 is 5.19. The molecule has 0 aliphatic rings. The van der Waals surface area contributed by atoms with Crippen LogP contribution < -0.4 is 16.0 Å². The Labute approximate surface area is 153 Å². The van der Waals surface area contributed by atoms with Crippen LogP contribution in [-0.2, 0) is 9.53 Å². The molecule has 0 saturated carbocycles. The van der Waals surface area contributed by atoms with Crippen molar-refractivity contribution in [3.8, 4) is 11.1 Å². The number of hydrogen-bond donors (Lipinski definition) is 3. The minimum atomic E-state index is -0.368. The van der Waals surface area contributed by atoms with Crippen molar-refractivity contribution in [1.82, 2.24) is 10.6 Å². The molecule has 2 rings (SSSR count). The molecule has 0 spiro atoms. The average Bonchev–Trinajstić information content (AvgIpc) is 2.67. The smallest absolute Gasteiger partial charge is 0.315 e. The van der Waals surface area contributed by atoms with Crippen molar-refractivity contribution in [3.05, 3.63) is 54.6 Å². The third-order valence-electron chi connectivity index (χ3n) is 3.65. The Bertz CT molecular complexity index is 704. The Balaban J connectivity index is 1.81. The Hall–Kier alpha value is -2.86. The predicted molar refractivity (Wildman–Crippen MR) is 103 cm³/mol. The lowest BCUT2D eigenvalue weighted by molar-refractivity contribution is -0.115. The number of ether oxygens (including phenoxy) is 1. The third-order valence-corrected chi connectivity index (χ3v) is 3.65. The molecule has 0 radical (unpaired) electrons. The molecule has 0 saturated heterocycles. The SMILES string of the molecule is CCOCCCNC(=O)NCC(=O)Nc1ccccc1-c1ccccc1. The predicted octanol–water partition coefficient (Wildman–Crippen LogP) is 3.02. The number of rotatable bonds is 9. The third kappa shape index (κ3) is 6.57. The van der Waals surface area contributed by atoms with Crippen LogP contribution in [0.2, 0.25) is 0 Å². The Morgan fingerprint density at radius 3 is 2.46 bits per heavy atom. The van der Waals surface area contributed by atoms with Crippen molar-refractivity contribution < 1.29 is 14.3 Å². The second-order valence-electron chi connectivity index (χ2n) is 5.62. The minimum Gasteiger partial charge on any atom is -0.382 e. The summed E-state index contributed by atoms with van der Waals surface area (Å²) in [4.78, 5) is 23.8. The van der Waals surface area contributed by atoms with Gasteiger partial charge in [0.25, 0.3) is 0 Å². The Kier molecular flexibility index (Phi) is 8.15. The first-order chi connectivity index (χ1) is 12.7. The Morgan fingerprint density at radius 2 is 1.69 bits per heavy atom. The summed E-state index contributed by atoms with van der Waals surface area (Å²) in [5.74, 6) is -0.280. The van der Waals surface area contributed by atoms with E-state index in [0.29, 0.717) is 25.4 Å². The van der Waals surface area contributed by atoms with Crippen LogP contribution in [0.25, 0.3) is 11.1 Å². The first-order valence-electron chi connectivity index (χ1n) is 8.74. The summed E-state index contributed by atoms with van der Waals surface area (Å²) in [5.41, 5.74) is 2.66. The number of para-hydroxylation sites is 1. The molecule has 0 unspecified atom stereocenters. The van der Waals surface area contributed by atoms with Gasteiger partial charge in [-0.15, -0.1) is 0 Å². The first kappa shape index (κ1) is 19.5. The lowest BCUT2D eigenvalue weighted by Crippen LogP contribution is -2.40. The fourth-order valence-electron chi connectivity index (χ4n) is 2.40. The van der Waals surface area contributed by atoms with Gasteiger partial charge in [0, 0.05) is 31.0 Å². The van der Waals surface area contributed by atoms with Gasteiger partial charge in [0.2, 0.25) is 5.91 Å². The summed E-state index contributed by atoms with van der Waals surface area (Å²) in [6.45, 7) is 3.60. The van der Waals surface area contributed by atoms with E-state index in [1.165, 1.54) is 0 Å². The molecule has 6 nitrogen and oxygen atoms in total. The number of nitrogens with one attached hydrogen (secondary N) is 3. The maximum absolute atomic E-state index is 12.1. The van der Waals surface area contributed by atoms with E-state index < -0.39 is 0 Å². The second-order valence-corrected chi connectivity index (χ2v) is 5.62. The first-order valence-corrected chi connectivity index (χ1v) is 8.74. The molecule has 0 aromatic heterocycles. The van der Waals surface area contributed by atoms with Gasteiger partial charge in [-0.1, -0.05) is 48.5 Å². The van der Waals surface area contributed by atoms with E-state index in [1.807, 2.05) is 61.5 Å². The molecule has 3 N–H and O–H groups in total. The zero-order chi connectivity index (χ0) is 18.6. The zero-order valence-corrected chi connectivity index (χ0v) is 15.0. The summed E-state index contributed by atoms with van der Waals surface area (Å²) >= 11 is 0. The number of carbonyl (C=O) groups excluding carboxylic acids is 2. The lowest BCUT2D eigenvalue weighted by atomic mass is 10.0. The normalized spacial score (nSPS) is 10.2. The molecule has 0 aliphatic carbocycles. The molecular weight excluding hydrogens is 330 g/mol. The highest BCUT2D eigenvalue weighted by atomic mass is 16.5. The van der Waals surface area contributed by atoms with Crippen molar-refractivity contribution in [1.29, 1.82) is 0 Å². The second kappa shape index (κ2) is 10.9. The van der Waals surface area contributed by atoms with Crippen molar-refractivity contribution >= 4 is 17.6 Å².